The van der Waals surface area contributed by atoms with E-state index in [1.807, 2.05) is 0 Å². The molecule has 2 rings (SSSR count). The van der Waals surface area contributed by atoms with Crippen LogP contribution in [0.25, 0.3) is 11.3 Å². The molecule has 0 spiro atoms. The number of rotatable bonds is 2. The van der Waals surface area contributed by atoms with E-state index >= 15 is 0 Å². The maximum Gasteiger partial charge on any atom is 0.168 e. The lowest BCUT2D eigenvalue weighted by Gasteiger charge is -2.11. The molecule has 0 aliphatic rings. The van der Waals surface area contributed by atoms with Crippen LogP contribution in [0, 0.1) is 0 Å². The van der Waals surface area contributed by atoms with Gasteiger partial charge in [0.1, 0.15) is 11.3 Å². The van der Waals surface area contributed by atoms with Crippen LogP contribution in [0.2, 0.25) is 10.0 Å². The Morgan fingerprint density at radius 1 is 1.24 bits per heavy atom. The van der Waals surface area contributed by atoms with Crippen molar-refractivity contribution in [1.29, 1.82) is 0 Å². The van der Waals surface area contributed by atoms with Crippen molar-refractivity contribution < 1.29 is 9.63 Å². The van der Waals surface area contributed by atoms with E-state index in [1.54, 1.807) is 38.1 Å². The van der Waals surface area contributed by atoms with E-state index in [4.69, 9.17) is 27.7 Å². The summed E-state index contributed by atoms with van der Waals surface area (Å²) in [6, 6.07) is 6.83. The molecule has 0 fully saturated rings. The zero-order valence-corrected chi connectivity index (χ0v) is 10.9. The van der Waals surface area contributed by atoms with Gasteiger partial charge in [0, 0.05) is 11.6 Å². The Labute approximate surface area is 109 Å². The van der Waals surface area contributed by atoms with Crippen molar-refractivity contribution in [2.45, 2.75) is 19.4 Å². The Balaban J connectivity index is 2.51. The van der Waals surface area contributed by atoms with Crippen LogP contribution in [-0.2, 0) is 5.60 Å². The minimum atomic E-state index is -1.08. The average molecular weight is 272 g/mol. The van der Waals surface area contributed by atoms with E-state index in [0.717, 1.165) is 0 Å². The molecular weight excluding hydrogens is 261 g/mol. The summed E-state index contributed by atoms with van der Waals surface area (Å²) in [7, 11) is 0. The van der Waals surface area contributed by atoms with Crippen LogP contribution in [0.15, 0.2) is 28.8 Å². The predicted molar refractivity (Wildman–Crippen MR) is 67.2 cm³/mol. The molecule has 0 radical (unpaired) electrons. The highest BCUT2D eigenvalue weighted by Crippen LogP contribution is 2.35. The Bertz CT molecular complexity index is 523. The van der Waals surface area contributed by atoms with Gasteiger partial charge in [0.25, 0.3) is 0 Å². The van der Waals surface area contributed by atoms with Gasteiger partial charge in [0.15, 0.2) is 5.76 Å². The van der Waals surface area contributed by atoms with Gasteiger partial charge in [-0.3, -0.25) is 0 Å². The number of nitrogens with zero attached hydrogens (tertiary/aromatic N) is 1. The molecular formula is C12H11Cl2NO2. The van der Waals surface area contributed by atoms with E-state index in [2.05, 4.69) is 5.16 Å². The largest absolute Gasteiger partial charge is 0.382 e. The predicted octanol–water partition coefficient (Wildman–Crippen LogP) is 3.88. The first kappa shape index (κ1) is 12.4. The van der Waals surface area contributed by atoms with Gasteiger partial charge in [-0.2, -0.15) is 0 Å². The zero-order chi connectivity index (χ0) is 12.6. The van der Waals surface area contributed by atoms with Crippen molar-refractivity contribution in [3.8, 4) is 11.3 Å². The van der Waals surface area contributed by atoms with Gasteiger partial charge >= 0.3 is 0 Å². The van der Waals surface area contributed by atoms with Crippen LogP contribution in [-0.4, -0.2) is 10.3 Å². The van der Waals surface area contributed by atoms with Crippen molar-refractivity contribution in [2.24, 2.45) is 0 Å². The summed E-state index contributed by atoms with van der Waals surface area (Å²) in [5, 5.41) is 14.6. The maximum absolute atomic E-state index is 9.79. The molecule has 90 valence electrons. The number of hydrogen-bond acceptors (Lipinski definition) is 3. The van der Waals surface area contributed by atoms with Gasteiger partial charge in [-0.15, -0.1) is 0 Å². The zero-order valence-electron chi connectivity index (χ0n) is 9.37. The lowest BCUT2D eigenvalue weighted by Crippen LogP contribution is -2.13. The van der Waals surface area contributed by atoms with E-state index < -0.39 is 5.60 Å². The number of hydrogen-bond donors (Lipinski definition) is 1. The minimum absolute atomic E-state index is 0.364. The molecule has 3 nitrogen and oxygen atoms in total. The van der Waals surface area contributed by atoms with Crippen molar-refractivity contribution in [3.05, 3.63) is 40.1 Å². The first-order valence-electron chi connectivity index (χ1n) is 5.03. The van der Waals surface area contributed by atoms with Crippen molar-refractivity contribution in [3.63, 3.8) is 0 Å². The van der Waals surface area contributed by atoms with Crippen LogP contribution in [0.5, 0.6) is 0 Å². The summed E-state index contributed by atoms with van der Waals surface area (Å²) in [6.45, 7) is 3.23. The van der Waals surface area contributed by atoms with Crippen LogP contribution in [0.4, 0.5) is 0 Å². The van der Waals surface area contributed by atoms with Crippen molar-refractivity contribution in [1.82, 2.24) is 5.16 Å². The monoisotopic (exact) mass is 271 g/mol. The van der Waals surface area contributed by atoms with E-state index in [0.29, 0.717) is 27.1 Å². The lowest BCUT2D eigenvalue weighted by molar-refractivity contribution is 0.0476. The fourth-order valence-electron chi connectivity index (χ4n) is 1.42. The SMILES string of the molecule is CC(C)(O)c1cc(-c2c(Cl)cccc2Cl)no1. The summed E-state index contributed by atoms with van der Waals surface area (Å²) in [5.74, 6) is 0.364. The number of halogens is 2. The Kier molecular flexibility index (Phi) is 3.17. The van der Waals surface area contributed by atoms with Gasteiger partial charge in [0.05, 0.1) is 10.0 Å². The van der Waals surface area contributed by atoms with E-state index in [9.17, 15) is 5.11 Å². The van der Waals surface area contributed by atoms with Gasteiger partial charge in [0.2, 0.25) is 0 Å². The van der Waals surface area contributed by atoms with Gasteiger partial charge in [-0.05, 0) is 26.0 Å². The molecule has 17 heavy (non-hydrogen) atoms. The van der Waals surface area contributed by atoms with Crippen LogP contribution < -0.4 is 0 Å². The second kappa shape index (κ2) is 4.33. The maximum atomic E-state index is 9.79. The summed E-state index contributed by atoms with van der Waals surface area (Å²) in [4.78, 5) is 0. The highest BCUT2D eigenvalue weighted by molar-refractivity contribution is 6.39. The molecule has 0 amide bonds. The Morgan fingerprint density at radius 2 is 1.82 bits per heavy atom. The molecule has 1 N–H and O–H groups in total. The normalized spacial score (nSPS) is 11.8. The van der Waals surface area contributed by atoms with Crippen LogP contribution in [0.3, 0.4) is 0 Å². The third kappa shape index (κ3) is 2.46. The fourth-order valence-corrected chi connectivity index (χ4v) is 2.01. The Morgan fingerprint density at radius 3 is 2.29 bits per heavy atom. The second-order valence-electron chi connectivity index (χ2n) is 4.23. The molecule has 1 aromatic carbocycles. The summed E-state index contributed by atoms with van der Waals surface area (Å²) in [5.41, 5.74) is 0.0340. The molecule has 2 aromatic rings. The average Bonchev–Trinajstić information content (AvgIpc) is 2.65. The number of aromatic nitrogens is 1. The third-order valence-corrected chi connectivity index (χ3v) is 2.96. The molecule has 0 unspecified atom stereocenters. The quantitative estimate of drug-likeness (QED) is 0.902. The van der Waals surface area contributed by atoms with Crippen LogP contribution >= 0.6 is 23.2 Å². The molecule has 0 aliphatic carbocycles. The standard InChI is InChI=1S/C12H11Cl2NO2/c1-12(2,16)10-6-9(15-17-10)11-7(13)4-3-5-8(11)14/h3-6,16H,1-2H3. The highest BCUT2D eigenvalue weighted by Gasteiger charge is 2.23. The Hall–Kier alpha value is -1.03. The molecule has 0 bridgehead atoms. The van der Waals surface area contributed by atoms with E-state index in [-0.39, 0.29) is 0 Å². The summed E-state index contributed by atoms with van der Waals surface area (Å²) >= 11 is 12.1. The smallest absolute Gasteiger partial charge is 0.168 e. The first-order chi connectivity index (χ1) is 7.89. The summed E-state index contributed by atoms with van der Waals surface area (Å²) in [6.07, 6.45) is 0. The van der Waals surface area contributed by atoms with Gasteiger partial charge in [-0.1, -0.05) is 34.4 Å². The van der Waals surface area contributed by atoms with Crippen molar-refractivity contribution in [2.75, 3.05) is 0 Å². The number of aliphatic hydroxyl groups is 1. The van der Waals surface area contributed by atoms with Crippen molar-refractivity contribution >= 4 is 23.2 Å². The molecule has 5 heteroatoms. The lowest BCUT2D eigenvalue weighted by atomic mass is 10.1. The van der Waals surface area contributed by atoms with Gasteiger partial charge < -0.3 is 9.63 Å². The van der Waals surface area contributed by atoms with Crippen LogP contribution in [0.1, 0.15) is 19.6 Å². The topological polar surface area (TPSA) is 46.3 Å². The fraction of sp³-hybridized carbons (Fsp3) is 0.250. The number of benzene rings is 1. The minimum Gasteiger partial charge on any atom is -0.382 e. The van der Waals surface area contributed by atoms with E-state index in [1.165, 1.54) is 0 Å². The summed E-state index contributed by atoms with van der Waals surface area (Å²) < 4.78 is 5.08. The molecule has 0 saturated heterocycles. The van der Waals surface area contributed by atoms with Gasteiger partial charge in [-0.25, -0.2) is 0 Å². The molecule has 0 atom stereocenters. The first-order valence-corrected chi connectivity index (χ1v) is 5.79. The highest BCUT2D eigenvalue weighted by atomic mass is 35.5. The molecule has 0 aliphatic heterocycles. The molecule has 1 heterocycles. The third-order valence-electron chi connectivity index (χ3n) is 2.33. The second-order valence-corrected chi connectivity index (χ2v) is 5.05. The molecule has 0 saturated carbocycles. The molecule has 1 aromatic heterocycles.